The molecule has 1 amide bonds. The Balaban J connectivity index is 1.61. The number of aryl methyl sites for hydroxylation is 1. The molecule has 0 saturated heterocycles. The number of rotatable bonds is 3. The van der Waals surface area contributed by atoms with Crippen LogP contribution in [-0.4, -0.2) is 22.2 Å². The predicted octanol–water partition coefficient (Wildman–Crippen LogP) is 1.99. The molecule has 0 saturated carbocycles. The van der Waals surface area contributed by atoms with E-state index >= 15 is 0 Å². The van der Waals surface area contributed by atoms with Crippen LogP contribution in [0.3, 0.4) is 0 Å². The van der Waals surface area contributed by atoms with Crippen LogP contribution in [0, 0.1) is 6.92 Å². The summed E-state index contributed by atoms with van der Waals surface area (Å²) in [6.07, 6.45) is 1.77. The maximum atomic E-state index is 12.1. The minimum Gasteiger partial charge on any atom is -0.480 e. The van der Waals surface area contributed by atoms with Crippen LogP contribution >= 0.6 is 11.6 Å². The van der Waals surface area contributed by atoms with E-state index in [9.17, 15) is 4.79 Å². The molecule has 6 heteroatoms. The molecular weight excluding hydrogens is 278 g/mol. The smallest absolute Gasteiger partial charge is 0.261 e. The molecule has 1 aromatic carbocycles. The highest BCUT2D eigenvalue weighted by Gasteiger charge is 2.29. The van der Waals surface area contributed by atoms with Gasteiger partial charge in [0.2, 0.25) is 0 Å². The highest BCUT2D eigenvalue weighted by molar-refractivity contribution is 6.30. The third-order valence-corrected chi connectivity index (χ3v) is 3.61. The second kappa shape index (κ2) is 5.17. The van der Waals surface area contributed by atoms with Gasteiger partial charge in [0.15, 0.2) is 6.10 Å². The highest BCUT2D eigenvalue weighted by Crippen LogP contribution is 2.31. The number of benzene rings is 1. The molecule has 2 aromatic rings. The lowest BCUT2D eigenvalue weighted by molar-refractivity contribution is -0.127. The first-order valence-electron chi connectivity index (χ1n) is 6.35. The molecule has 5 nitrogen and oxygen atoms in total. The van der Waals surface area contributed by atoms with E-state index in [0.717, 1.165) is 22.6 Å². The van der Waals surface area contributed by atoms with Crippen molar-refractivity contribution in [3.8, 4) is 5.75 Å². The minimum absolute atomic E-state index is 0.127. The molecule has 0 radical (unpaired) electrons. The van der Waals surface area contributed by atoms with E-state index in [2.05, 4.69) is 15.5 Å². The van der Waals surface area contributed by atoms with Gasteiger partial charge in [0.25, 0.3) is 5.91 Å². The first-order chi connectivity index (χ1) is 9.63. The Morgan fingerprint density at radius 3 is 3.20 bits per heavy atom. The Morgan fingerprint density at radius 2 is 2.45 bits per heavy atom. The lowest BCUT2D eigenvalue weighted by atomic mass is 10.1. The molecule has 1 unspecified atom stereocenters. The number of ether oxygens (including phenoxy) is 1. The molecule has 0 fully saturated rings. The van der Waals surface area contributed by atoms with Crippen LogP contribution in [0.5, 0.6) is 5.75 Å². The van der Waals surface area contributed by atoms with Gasteiger partial charge >= 0.3 is 0 Å². The molecular formula is C14H14ClN3O2. The number of amides is 1. The van der Waals surface area contributed by atoms with E-state index in [0.29, 0.717) is 18.0 Å². The van der Waals surface area contributed by atoms with E-state index in [1.165, 1.54) is 0 Å². The number of H-pyrrole nitrogens is 1. The fourth-order valence-electron chi connectivity index (χ4n) is 2.21. The van der Waals surface area contributed by atoms with Gasteiger partial charge < -0.3 is 10.1 Å². The largest absolute Gasteiger partial charge is 0.480 e. The van der Waals surface area contributed by atoms with E-state index in [4.69, 9.17) is 16.3 Å². The molecule has 1 aliphatic rings. The van der Waals surface area contributed by atoms with Gasteiger partial charge in [-0.3, -0.25) is 9.89 Å². The van der Waals surface area contributed by atoms with Gasteiger partial charge in [0.05, 0.1) is 6.20 Å². The van der Waals surface area contributed by atoms with Crippen molar-refractivity contribution in [3.63, 3.8) is 0 Å². The Labute approximate surface area is 121 Å². The minimum atomic E-state index is -0.490. The first kappa shape index (κ1) is 13.0. The summed E-state index contributed by atoms with van der Waals surface area (Å²) in [7, 11) is 0. The lowest BCUT2D eigenvalue weighted by Crippen LogP contribution is -2.37. The molecule has 1 atom stereocenters. The van der Waals surface area contributed by atoms with Crippen molar-refractivity contribution in [2.75, 3.05) is 0 Å². The topological polar surface area (TPSA) is 67.0 Å². The number of hydrogen-bond donors (Lipinski definition) is 2. The standard InChI is InChI=1S/C14H14ClN3O2/c1-8-10(7-17-18-8)6-16-14(19)13-5-9-4-11(15)2-3-12(9)20-13/h2-4,7,13H,5-6H2,1H3,(H,16,19)(H,17,18). The molecule has 20 heavy (non-hydrogen) atoms. The summed E-state index contributed by atoms with van der Waals surface area (Å²) >= 11 is 5.93. The number of hydrogen-bond acceptors (Lipinski definition) is 3. The molecule has 3 rings (SSSR count). The van der Waals surface area contributed by atoms with Gasteiger partial charge in [-0.15, -0.1) is 0 Å². The van der Waals surface area contributed by atoms with Crippen molar-refractivity contribution in [1.29, 1.82) is 0 Å². The third-order valence-electron chi connectivity index (χ3n) is 3.38. The number of nitrogens with one attached hydrogen (secondary N) is 2. The Morgan fingerprint density at radius 1 is 1.60 bits per heavy atom. The Kier molecular flexibility index (Phi) is 3.36. The quantitative estimate of drug-likeness (QED) is 0.909. The zero-order valence-electron chi connectivity index (χ0n) is 10.9. The van der Waals surface area contributed by atoms with Crippen LogP contribution in [0.2, 0.25) is 5.02 Å². The molecule has 2 N–H and O–H groups in total. The average Bonchev–Trinajstić information content (AvgIpc) is 3.01. The predicted molar refractivity (Wildman–Crippen MR) is 74.7 cm³/mol. The number of halogens is 1. The summed E-state index contributed by atoms with van der Waals surface area (Å²) in [5, 5.41) is 10.3. The van der Waals surface area contributed by atoms with Gasteiger partial charge in [-0.2, -0.15) is 5.10 Å². The van der Waals surface area contributed by atoms with Crippen molar-refractivity contribution in [3.05, 3.63) is 46.2 Å². The van der Waals surface area contributed by atoms with E-state index in [-0.39, 0.29) is 5.91 Å². The second-order valence-corrected chi connectivity index (χ2v) is 5.24. The van der Waals surface area contributed by atoms with Crippen LogP contribution in [0.25, 0.3) is 0 Å². The van der Waals surface area contributed by atoms with Crippen LogP contribution < -0.4 is 10.1 Å². The van der Waals surface area contributed by atoms with Crippen molar-refractivity contribution < 1.29 is 9.53 Å². The molecule has 0 bridgehead atoms. The van der Waals surface area contributed by atoms with Crippen LogP contribution in [0.1, 0.15) is 16.8 Å². The molecule has 1 aromatic heterocycles. The summed E-state index contributed by atoms with van der Waals surface area (Å²) in [4.78, 5) is 12.1. The van der Waals surface area contributed by atoms with Crippen molar-refractivity contribution in [2.24, 2.45) is 0 Å². The highest BCUT2D eigenvalue weighted by atomic mass is 35.5. The summed E-state index contributed by atoms with van der Waals surface area (Å²) in [5.74, 6) is 0.604. The number of carbonyl (C=O) groups excluding carboxylic acids is 1. The summed E-state index contributed by atoms with van der Waals surface area (Å²) in [5.41, 5.74) is 2.89. The van der Waals surface area contributed by atoms with E-state index in [1.807, 2.05) is 13.0 Å². The summed E-state index contributed by atoms with van der Waals surface area (Å²) in [6, 6.07) is 5.39. The Bertz CT molecular complexity index is 654. The average molecular weight is 292 g/mol. The number of aromatic amines is 1. The van der Waals surface area contributed by atoms with Gasteiger partial charge in [-0.05, 0) is 30.7 Å². The number of carbonyl (C=O) groups is 1. The summed E-state index contributed by atoms with van der Waals surface area (Å²) < 4.78 is 5.63. The number of fused-ring (bicyclic) bond motifs is 1. The van der Waals surface area contributed by atoms with Crippen LogP contribution in [0.4, 0.5) is 0 Å². The monoisotopic (exact) mass is 291 g/mol. The second-order valence-electron chi connectivity index (χ2n) is 4.80. The number of nitrogens with zero attached hydrogens (tertiary/aromatic N) is 1. The van der Waals surface area contributed by atoms with Crippen molar-refractivity contribution >= 4 is 17.5 Å². The zero-order valence-corrected chi connectivity index (χ0v) is 11.7. The van der Waals surface area contributed by atoms with Gasteiger partial charge in [-0.1, -0.05) is 11.6 Å². The molecule has 2 heterocycles. The summed E-state index contributed by atoms with van der Waals surface area (Å²) in [6.45, 7) is 2.36. The van der Waals surface area contributed by atoms with E-state index in [1.54, 1.807) is 18.3 Å². The van der Waals surface area contributed by atoms with Crippen molar-refractivity contribution in [2.45, 2.75) is 26.0 Å². The zero-order chi connectivity index (χ0) is 14.1. The molecule has 104 valence electrons. The molecule has 0 aliphatic carbocycles. The lowest BCUT2D eigenvalue weighted by Gasteiger charge is -2.10. The fourth-order valence-corrected chi connectivity index (χ4v) is 2.41. The third kappa shape index (κ3) is 2.49. The maximum absolute atomic E-state index is 12.1. The molecule has 0 spiro atoms. The normalized spacial score (nSPS) is 16.6. The fraction of sp³-hybridized carbons (Fsp3) is 0.286. The van der Waals surface area contributed by atoms with Gasteiger partial charge in [-0.25, -0.2) is 0 Å². The van der Waals surface area contributed by atoms with E-state index < -0.39 is 6.10 Å². The van der Waals surface area contributed by atoms with Crippen molar-refractivity contribution in [1.82, 2.24) is 15.5 Å². The van der Waals surface area contributed by atoms with Crippen LogP contribution in [0.15, 0.2) is 24.4 Å². The number of aromatic nitrogens is 2. The van der Waals surface area contributed by atoms with Gasteiger partial charge in [0, 0.05) is 29.2 Å². The Hall–Kier alpha value is -2.01. The van der Waals surface area contributed by atoms with Crippen LogP contribution in [-0.2, 0) is 17.8 Å². The maximum Gasteiger partial charge on any atom is 0.261 e. The SMILES string of the molecule is Cc1[nH]ncc1CNC(=O)C1Cc2cc(Cl)ccc2O1. The molecule has 1 aliphatic heterocycles. The first-order valence-corrected chi connectivity index (χ1v) is 6.73. The van der Waals surface area contributed by atoms with Gasteiger partial charge in [0.1, 0.15) is 5.75 Å².